The average molecular weight is 828 g/mol. The van der Waals surface area contributed by atoms with Gasteiger partial charge in [-0.25, -0.2) is 0 Å². The molecule has 0 aromatic heterocycles. The van der Waals surface area contributed by atoms with Gasteiger partial charge in [0.2, 0.25) is 0 Å². The Morgan fingerprint density at radius 1 is 0.525 bits per heavy atom. The number of likely N-dealkylation sites (N-methyl/N-ethyl adjacent to an activating group) is 1. The summed E-state index contributed by atoms with van der Waals surface area (Å²) in [5.74, 6) is -1.75. The third-order valence-electron chi connectivity index (χ3n) is 10.4. The Labute approximate surface area is 362 Å². The molecule has 0 fully saturated rings. The van der Waals surface area contributed by atoms with Crippen LogP contribution in [0, 0.1) is 0 Å². The Morgan fingerprint density at radius 3 is 1.41 bits per heavy atom. The van der Waals surface area contributed by atoms with E-state index < -0.39 is 18.1 Å². The summed E-state index contributed by atoms with van der Waals surface area (Å²) >= 11 is 0. The molecular weight excluding hydrogens is 739 g/mol. The highest BCUT2D eigenvalue weighted by Gasteiger charge is 2.25. The first-order chi connectivity index (χ1) is 28.6. The summed E-state index contributed by atoms with van der Waals surface area (Å²) in [6, 6.07) is -0.728. The largest absolute Gasteiger partial charge is 0.544 e. The predicted octanol–water partition coefficient (Wildman–Crippen LogP) is 12.0. The SMILES string of the molecule is CC/C=C/C/C=C/C/C=C/C/C=C/C/C=C/CCCCCCCCCC(=O)OC(COCCC(C(=O)[O-])[N+](C)(C)C)COC(=O)CCCCCCCCCCCCCC. The van der Waals surface area contributed by atoms with E-state index in [9.17, 15) is 19.5 Å². The van der Waals surface area contributed by atoms with Gasteiger partial charge in [0.05, 0.1) is 40.3 Å². The van der Waals surface area contributed by atoms with Gasteiger partial charge in [0.25, 0.3) is 0 Å². The van der Waals surface area contributed by atoms with Crippen LogP contribution in [0.2, 0.25) is 0 Å². The van der Waals surface area contributed by atoms with Gasteiger partial charge in [-0.05, 0) is 57.8 Å². The van der Waals surface area contributed by atoms with Gasteiger partial charge >= 0.3 is 11.9 Å². The Bertz CT molecular complexity index is 1150. The van der Waals surface area contributed by atoms with Gasteiger partial charge in [0, 0.05) is 19.3 Å². The summed E-state index contributed by atoms with van der Waals surface area (Å²) < 4.78 is 17.2. The topological polar surface area (TPSA) is 102 Å². The molecule has 0 heterocycles. The highest BCUT2D eigenvalue weighted by atomic mass is 16.6. The lowest BCUT2D eigenvalue weighted by Crippen LogP contribution is -2.55. The molecule has 0 aliphatic carbocycles. The van der Waals surface area contributed by atoms with Gasteiger partial charge in [-0.3, -0.25) is 9.59 Å². The van der Waals surface area contributed by atoms with Crippen LogP contribution in [0.5, 0.6) is 0 Å². The summed E-state index contributed by atoms with van der Waals surface area (Å²) in [4.78, 5) is 36.9. The highest BCUT2D eigenvalue weighted by Crippen LogP contribution is 2.15. The number of allylic oxidation sites excluding steroid dienone is 10. The van der Waals surface area contributed by atoms with E-state index in [2.05, 4.69) is 74.6 Å². The number of esters is 2. The van der Waals surface area contributed by atoms with Gasteiger partial charge in [-0.15, -0.1) is 0 Å². The molecule has 0 spiro atoms. The third-order valence-corrected chi connectivity index (χ3v) is 10.4. The van der Waals surface area contributed by atoms with E-state index in [-0.39, 0.29) is 42.7 Å². The summed E-state index contributed by atoms with van der Waals surface area (Å²) in [5, 5.41) is 11.6. The van der Waals surface area contributed by atoms with Gasteiger partial charge in [0.15, 0.2) is 6.10 Å². The summed E-state index contributed by atoms with van der Waals surface area (Å²) in [7, 11) is 5.40. The van der Waals surface area contributed by atoms with Crippen LogP contribution < -0.4 is 5.11 Å². The number of carbonyl (C=O) groups is 3. The van der Waals surface area contributed by atoms with Crippen molar-refractivity contribution in [2.75, 3.05) is 41.0 Å². The number of rotatable bonds is 42. The maximum atomic E-state index is 12.7. The minimum Gasteiger partial charge on any atom is -0.544 e. The molecule has 0 saturated carbocycles. The van der Waals surface area contributed by atoms with Crippen LogP contribution in [-0.4, -0.2) is 75.5 Å². The number of carbonyl (C=O) groups excluding carboxylic acids is 3. The number of nitrogens with zero attached hydrogens (tertiary/aromatic N) is 1. The van der Waals surface area contributed by atoms with Gasteiger partial charge in [-0.2, -0.15) is 0 Å². The Kier molecular flexibility index (Phi) is 39.6. The molecule has 2 unspecified atom stereocenters. The minimum atomic E-state index is -1.13. The van der Waals surface area contributed by atoms with E-state index in [0.717, 1.165) is 83.5 Å². The Morgan fingerprint density at radius 2 is 0.949 bits per heavy atom. The maximum Gasteiger partial charge on any atom is 0.306 e. The number of aliphatic carboxylic acids is 1. The van der Waals surface area contributed by atoms with Gasteiger partial charge < -0.3 is 28.6 Å². The normalized spacial score (nSPS) is 13.4. The second kappa shape index (κ2) is 41.8. The molecule has 0 aromatic rings. The summed E-state index contributed by atoms with van der Waals surface area (Å²) in [6.07, 6.45) is 51.0. The fourth-order valence-corrected chi connectivity index (χ4v) is 6.74. The molecule has 59 heavy (non-hydrogen) atoms. The molecule has 0 aliphatic heterocycles. The molecule has 8 heteroatoms. The van der Waals surface area contributed by atoms with Crippen molar-refractivity contribution in [1.29, 1.82) is 0 Å². The van der Waals surface area contributed by atoms with E-state index in [4.69, 9.17) is 14.2 Å². The van der Waals surface area contributed by atoms with Crippen LogP contribution >= 0.6 is 0 Å². The zero-order valence-electron chi connectivity index (χ0n) is 38.7. The average Bonchev–Trinajstić information content (AvgIpc) is 3.19. The molecule has 8 nitrogen and oxygen atoms in total. The quantitative estimate of drug-likeness (QED) is 0.0261. The number of quaternary nitrogens is 1. The molecular formula is C51H89NO7. The Balaban J connectivity index is 4.28. The van der Waals surface area contributed by atoms with E-state index in [1.54, 1.807) is 21.1 Å². The van der Waals surface area contributed by atoms with Crippen LogP contribution in [0.3, 0.4) is 0 Å². The van der Waals surface area contributed by atoms with Crippen molar-refractivity contribution in [2.45, 2.75) is 206 Å². The van der Waals surface area contributed by atoms with Gasteiger partial charge in [0.1, 0.15) is 12.6 Å². The van der Waals surface area contributed by atoms with Crippen LogP contribution in [-0.2, 0) is 28.6 Å². The van der Waals surface area contributed by atoms with E-state index in [1.807, 2.05) is 0 Å². The van der Waals surface area contributed by atoms with Crippen LogP contribution in [0.15, 0.2) is 60.8 Å². The molecule has 0 N–H and O–H groups in total. The molecule has 0 amide bonds. The minimum absolute atomic E-state index is 0.0359. The lowest BCUT2D eigenvalue weighted by Gasteiger charge is -2.34. The molecule has 0 aliphatic rings. The van der Waals surface area contributed by atoms with Crippen LogP contribution in [0.4, 0.5) is 0 Å². The lowest BCUT2D eigenvalue weighted by molar-refractivity contribution is -0.889. The molecule has 0 aromatic carbocycles. The predicted molar refractivity (Wildman–Crippen MR) is 245 cm³/mol. The molecule has 0 saturated heterocycles. The standard InChI is InChI=1S/C51H89NO7/c1-6-8-10-12-14-16-18-20-21-22-23-24-25-26-27-28-29-30-32-34-36-38-40-42-50(54)59-47(45-57-44-43-48(51(55)56)52(3,4)5)46-58-49(53)41-39-37-35-33-31-19-17-15-13-11-9-7-2/h8,10,14,16,20-21,23-24,26-27,47-48H,6-7,9,11-13,15,17-19,22,25,28-46H2,1-5H3/b10-8+,16-14+,21-20+,24-23+,27-26+. The number of ether oxygens (including phenoxy) is 3. The third kappa shape index (κ3) is 40.2. The second-order valence-corrected chi connectivity index (χ2v) is 17.0. The fourth-order valence-electron chi connectivity index (χ4n) is 6.74. The smallest absolute Gasteiger partial charge is 0.306 e. The number of unbranched alkanes of at least 4 members (excludes halogenated alkanes) is 18. The first-order valence-electron chi connectivity index (χ1n) is 23.8. The van der Waals surface area contributed by atoms with E-state index in [0.29, 0.717) is 12.8 Å². The fraction of sp³-hybridized carbons (Fsp3) is 0.745. The van der Waals surface area contributed by atoms with Crippen molar-refractivity contribution < 1.29 is 38.2 Å². The number of hydrogen-bond donors (Lipinski definition) is 0. The second-order valence-electron chi connectivity index (χ2n) is 17.0. The molecule has 2 atom stereocenters. The number of hydrogen-bond acceptors (Lipinski definition) is 7. The van der Waals surface area contributed by atoms with E-state index >= 15 is 0 Å². The first-order valence-corrected chi connectivity index (χ1v) is 23.8. The summed E-state index contributed by atoms with van der Waals surface area (Å²) in [6.45, 7) is 4.54. The van der Waals surface area contributed by atoms with Gasteiger partial charge in [-0.1, -0.05) is 177 Å². The summed E-state index contributed by atoms with van der Waals surface area (Å²) in [5.41, 5.74) is 0. The molecule has 0 rings (SSSR count). The van der Waals surface area contributed by atoms with Crippen LogP contribution in [0.1, 0.15) is 194 Å². The van der Waals surface area contributed by atoms with Crippen molar-refractivity contribution in [3.63, 3.8) is 0 Å². The molecule has 340 valence electrons. The lowest BCUT2D eigenvalue weighted by atomic mass is 10.0. The van der Waals surface area contributed by atoms with Crippen molar-refractivity contribution in [3.05, 3.63) is 60.8 Å². The van der Waals surface area contributed by atoms with Crippen molar-refractivity contribution in [2.24, 2.45) is 0 Å². The van der Waals surface area contributed by atoms with Crippen molar-refractivity contribution in [1.82, 2.24) is 0 Å². The molecule has 0 radical (unpaired) electrons. The van der Waals surface area contributed by atoms with Crippen molar-refractivity contribution >= 4 is 17.9 Å². The van der Waals surface area contributed by atoms with Crippen molar-refractivity contribution in [3.8, 4) is 0 Å². The Hall–Kier alpha value is -2.97. The molecule has 0 bridgehead atoms. The first kappa shape index (κ1) is 56.0. The van der Waals surface area contributed by atoms with E-state index in [1.165, 1.54) is 77.0 Å². The zero-order valence-corrected chi connectivity index (χ0v) is 38.7. The highest BCUT2D eigenvalue weighted by molar-refractivity contribution is 5.70. The monoisotopic (exact) mass is 828 g/mol. The maximum absolute atomic E-state index is 12.7. The van der Waals surface area contributed by atoms with Crippen LogP contribution in [0.25, 0.3) is 0 Å². The number of carboxylic acid groups (broad SMARTS) is 1. The number of carboxylic acids is 1. The zero-order chi connectivity index (χ0) is 43.5.